The third-order valence-corrected chi connectivity index (χ3v) is 6.90. The fraction of sp³-hybridized carbons (Fsp3) is 0.375. The summed E-state index contributed by atoms with van der Waals surface area (Å²) in [6.45, 7) is 2.16. The van der Waals surface area contributed by atoms with Crippen LogP contribution in [0.5, 0.6) is 0 Å². The van der Waals surface area contributed by atoms with Crippen molar-refractivity contribution in [1.29, 1.82) is 0 Å². The van der Waals surface area contributed by atoms with E-state index in [1.54, 1.807) is 32.9 Å². The second-order valence-corrected chi connectivity index (χ2v) is 8.86. The molecule has 2 aliphatic heterocycles. The molecule has 2 heterocycles. The SMILES string of the molecule is O=C(c1cccc(Cl)c1Cl)N1CCN(C(=O)C(c2ccccc2)N2CCCCC2=O)CC1. The predicted molar refractivity (Wildman–Crippen MR) is 124 cm³/mol. The van der Waals surface area contributed by atoms with Gasteiger partial charge in [-0.1, -0.05) is 59.6 Å². The lowest BCUT2D eigenvalue weighted by molar-refractivity contribution is -0.148. The molecular formula is C24H25Cl2N3O3. The molecule has 32 heavy (non-hydrogen) atoms. The van der Waals surface area contributed by atoms with E-state index in [1.807, 2.05) is 30.3 Å². The average molecular weight is 474 g/mol. The molecule has 0 spiro atoms. The lowest BCUT2D eigenvalue weighted by atomic mass is 9.99. The van der Waals surface area contributed by atoms with Crippen LogP contribution in [0.4, 0.5) is 0 Å². The van der Waals surface area contributed by atoms with Gasteiger partial charge in [0.2, 0.25) is 11.8 Å². The number of halogens is 2. The Morgan fingerprint density at radius 3 is 2.19 bits per heavy atom. The zero-order chi connectivity index (χ0) is 22.7. The van der Waals surface area contributed by atoms with E-state index in [2.05, 4.69) is 0 Å². The first-order chi connectivity index (χ1) is 15.5. The Labute approximate surface area is 197 Å². The van der Waals surface area contributed by atoms with E-state index in [1.165, 1.54) is 0 Å². The van der Waals surface area contributed by atoms with E-state index >= 15 is 0 Å². The molecule has 2 fully saturated rings. The summed E-state index contributed by atoms with van der Waals surface area (Å²) in [4.78, 5) is 44.3. The molecule has 2 saturated heterocycles. The molecule has 0 aromatic heterocycles. The van der Waals surface area contributed by atoms with Crippen molar-refractivity contribution in [3.8, 4) is 0 Å². The molecule has 1 atom stereocenters. The lowest BCUT2D eigenvalue weighted by Crippen LogP contribution is -2.54. The molecule has 0 radical (unpaired) electrons. The van der Waals surface area contributed by atoms with Crippen LogP contribution in [-0.2, 0) is 9.59 Å². The maximum Gasteiger partial charge on any atom is 0.255 e. The van der Waals surface area contributed by atoms with Crippen molar-refractivity contribution in [3.63, 3.8) is 0 Å². The first kappa shape index (κ1) is 22.6. The number of carbonyl (C=O) groups is 3. The second-order valence-electron chi connectivity index (χ2n) is 8.08. The van der Waals surface area contributed by atoms with Gasteiger partial charge >= 0.3 is 0 Å². The van der Waals surface area contributed by atoms with E-state index in [0.717, 1.165) is 18.4 Å². The van der Waals surface area contributed by atoms with Gasteiger partial charge in [-0.2, -0.15) is 0 Å². The van der Waals surface area contributed by atoms with Crippen LogP contribution in [0.15, 0.2) is 48.5 Å². The van der Waals surface area contributed by atoms with Crippen molar-refractivity contribution in [2.45, 2.75) is 25.3 Å². The lowest BCUT2D eigenvalue weighted by Gasteiger charge is -2.40. The number of likely N-dealkylation sites (tertiary alicyclic amines) is 1. The number of carbonyl (C=O) groups excluding carboxylic acids is 3. The van der Waals surface area contributed by atoms with Crippen LogP contribution in [0.2, 0.25) is 10.0 Å². The molecule has 168 valence electrons. The first-order valence-corrected chi connectivity index (χ1v) is 11.6. The molecule has 2 aromatic carbocycles. The van der Waals surface area contributed by atoms with Gasteiger partial charge in [0.15, 0.2) is 0 Å². The highest BCUT2D eigenvalue weighted by Crippen LogP contribution is 2.29. The fourth-order valence-corrected chi connectivity index (χ4v) is 4.71. The number of nitrogens with zero attached hydrogens (tertiary/aromatic N) is 3. The van der Waals surface area contributed by atoms with Gasteiger partial charge in [0.05, 0.1) is 15.6 Å². The van der Waals surface area contributed by atoms with E-state index in [4.69, 9.17) is 23.2 Å². The molecule has 2 aliphatic rings. The summed E-state index contributed by atoms with van der Waals surface area (Å²) < 4.78 is 0. The van der Waals surface area contributed by atoms with Gasteiger partial charge in [-0.15, -0.1) is 0 Å². The highest BCUT2D eigenvalue weighted by Gasteiger charge is 2.36. The summed E-state index contributed by atoms with van der Waals surface area (Å²) in [6.07, 6.45) is 2.22. The van der Waals surface area contributed by atoms with Gasteiger partial charge in [-0.3, -0.25) is 14.4 Å². The van der Waals surface area contributed by atoms with Crippen LogP contribution < -0.4 is 0 Å². The minimum Gasteiger partial charge on any atom is -0.337 e. The van der Waals surface area contributed by atoms with Crippen molar-refractivity contribution in [2.24, 2.45) is 0 Å². The minimum atomic E-state index is -0.631. The van der Waals surface area contributed by atoms with Crippen molar-refractivity contribution in [1.82, 2.24) is 14.7 Å². The highest BCUT2D eigenvalue weighted by molar-refractivity contribution is 6.43. The van der Waals surface area contributed by atoms with Crippen LogP contribution >= 0.6 is 23.2 Å². The Kier molecular flexibility index (Phi) is 7.01. The number of rotatable bonds is 4. The van der Waals surface area contributed by atoms with E-state index in [0.29, 0.717) is 49.7 Å². The van der Waals surface area contributed by atoms with Crippen LogP contribution in [0, 0.1) is 0 Å². The van der Waals surface area contributed by atoms with Crippen molar-refractivity contribution < 1.29 is 14.4 Å². The van der Waals surface area contributed by atoms with E-state index in [9.17, 15) is 14.4 Å². The molecule has 2 aromatic rings. The number of piperazine rings is 1. The molecular weight excluding hydrogens is 449 g/mol. The van der Waals surface area contributed by atoms with Gasteiger partial charge in [-0.25, -0.2) is 0 Å². The third-order valence-electron chi connectivity index (χ3n) is 6.08. The largest absolute Gasteiger partial charge is 0.337 e. The van der Waals surface area contributed by atoms with Crippen LogP contribution in [0.3, 0.4) is 0 Å². The zero-order valence-corrected chi connectivity index (χ0v) is 19.2. The smallest absolute Gasteiger partial charge is 0.255 e. The van der Waals surface area contributed by atoms with Gasteiger partial charge in [0.1, 0.15) is 6.04 Å². The molecule has 3 amide bonds. The number of amides is 3. The molecule has 4 rings (SSSR count). The number of hydrogen-bond donors (Lipinski definition) is 0. The molecule has 0 aliphatic carbocycles. The third kappa shape index (κ3) is 4.62. The number of hydrogen-bond acceptors (Lipinski definition) is 3. The Morgan fingerprint density at radius 1 is 0.812 bits per heavy atom. The molecule has 0 saturated carbocycles. The number of benzene rings is 2. The second kappa shape index (κ2) is 9.92. The van der Waals surface area contributed by atoms with Gasteiger partial charge in [0, 0.05) is 39.1 Å². The van der Waals surface area contributed by atoms with Crippen molar-refractivity contribution in [3.05, 3.63) is 69.7 Å². The minimum absolute atomic E-state index is 0.0165. The average Bonchev–Trinajstić information content (AvgIpc) is 2.82. The Morgan fingerprint density at radius 2 is 1.50 bits per heavy atom. The molecule has 6 nitrogen and oxygen atoms in total. The Hall–Kier alpha value is -2.57. The van der Waals surface area contributed by atoms with Crippen LogP contribution in [0.1, 0.15) is 41.2 Å². The maximum absolute atomic E-state index is 13.6. The number of piperidine rings is 1. The van der Waals surface area contributed by atoms with Crippen LogP contribution in [-0.4, -0.2) is 65.1 Å². The van der Waals surface area contributed by atoms with E-state index < -0.39 is 6.04 Å². The highest BCUT2D eigenvalue weighted by atomic mass is 35.5. The quantitative estimate of drug-likeness (QED) is 0.673. The molecule has 8 heteroatoms. The van der Waals surface area contributed by atoms with Crippen molar-refractivity contribution >= 4 is 40.9 Å². The molecule has 0 N–H and O–H groups in total. The summed E-state index contributed by atoms with van der Waals surface area (Å²) in [6, 6.07) is 13.8. The summed E-state index contributed by atoms with van der Waals surface area (Å²) >= 11 is 12.3. The van der Waals surface area contributed by atoms with Gasteiger partial charge in [0.25, 0.3) is 5.91 Å². The zero-order valence-electron chi connectivity index (χ0n) is 17.7. The molecule has 0 bridgehead atoms. The van der Waals surface area contributed by atoms with Crippen LogP contribution in [0.25, 0.3) is 0 Å². The van der Waals surface area contributed by atoms with E-state index in [-0.39, 0.29) is 22.7 Å². The predicted octanol–water partition coefficient (Wildman–Crippen LogP) is 4.03. The fourth-order valence-electron chi connectivity index (χ4n) is 4.33. The molecule has 1 unspecified atom stereocenters. The normalized spacial score (nSPS) is 17.9. The summed E-state index contributed by atoms with van der Waals surface area (Å²) in [7, 11) is 0. The topological polar surface area (TPSA) is 60.9 Å². The van der Waals surface area contributed by atoms with Gasteiger partial charge in [-0.05, 0) is 30.5 Å². The Balaban J connectivity index is 1.48. The Bertz CT molecular complexity index is 1010. The standard InChI is InChI=1S/C24H25Cl2N3O3/c25-19-10-6-9-18(21(19)26)23(31)27-13-15-28(16-14-27)24(32)22(17-7-2-1-3-8-17)29-12-5-4-11-20(29)30/h1-3,6-10,22H,4-5,11-16H2. The summed E-state index contributed by atoms with van der Waals surface area (Å²) in [5.74, 6) is -0.280. The van der Waals surface area contributed by atoms with Crippen molar-refractivity contribution in [2.75, 3.05) is 32.7 Å². The monoisotopic (exact) mass is 473 g/mol. The summed E-state index contributed by atoms with van der Waals surface area (Å²) in [5, 5.41) is 0.577. The van der Waals surface area contributed by atoms with Gasteiger partial charge < -0.3 is 14.7 Å². The first-order valence-electron chi connectivity index (χ1n) is 10.8. The maximum atomic E-state index is 13.6. The summed E-state index contributed by atoms with van der Waals surface area (Å²) in [5.41, 5.74) is 1.18.